The fourth-order valence-corrected chi connectivity index (χ4v) is 6.07. The predicted molar refractivity (Wildman–Crippen MR) is 177 cm³/mol. The molecule has 1 heterocycles. The molecule has 1 aliphatic rings. The lowest BCUT2D eigenvalue weighted by molar-refractivity contribution is -0.132. The summed E-state index contributed by atoms with van der Waals surface area (Å²) in [6.07, 6.45) is 5.46. The number of piperidine rings is 1. The van der Waals surface area contributed by atoms with Crippen LogP contribution in [0.1, 0.15) is 66.4 Å². The molecule has 0 saturated carbocycles. The molecule has 230 valence electrons. The number of rotatable bonds is 14. The van der Waals surface area contributed by atoms with Gasteiger partial charge in [-0.1, -0.05) is 90.3 Å². The maximum Gasteiger partial charge on any atom is 0.251 e. The number of hydrogen-bond donors (Lipinski definition) is 2. The van der Waals surface area contributed by atoms with Gasteiger partial charge in [-0.25, -0.2) is 0 Å². The zero-order chi connectivity index (χ0) is 30.6. The normalized spacial score (nSPS) is 15.2. The smallest absolute Gasteiger partial charge is 0.251 e. The average molecular weight is 624 g/mol. The Morgan fingerprint density at radius 3 is 2.12 bits per heavy atom. The van der Waals surface area contributed by atoms with E-state index in [9.17, 15) is 9.59 Å². The summed E-state index contributed by atoms with van der Waals surface area (Å²) < 4.78 is 0. The number of halogens is 2. The molecule has 0 radical (unpaired) electrons. The molecule has 1 saturated heterocycles. The molecule has 6 nitrogen and oxygen atoms in total. The van der Waals surface area contributed by atoms with Crippen LogP contribution in [0.4, 0.5) is 0 Å². The lowest BCUT2D eigenvalue weighted by atomic mass is 9.90. The van der Waals surface area contributed by atoms with Crippen molar-refractivity contribution < 1.29 is 9.59 Å². The van der Waals surface area contributed by atoms with E-state index < -0.39 is 0 Å². The quantitative estimate of drug-likeness (QED) is 0.212. The van der Waals surface area contributed by atoms with Crippen molar-refractivity contribution in [1.29, 1.82) is 0 Å². The third-order valence-corrected chi connectivity index (χ3v) is 8.93. The van der Waals surface area contributed by atoms with Gasteiger partial charge in [0.1, 0.15) is 0 Å². The number of likely N-dealkylation sites (N-methyl/N-ethyl adjacent to an activating group) is 1. The van der Waals surface area contributed by atoms with Crippen molar-refractivity contribution in [1.82, 2.24) is 20.4 Å². The summed E-state index contributed by atoms with van der Waals surface area (Å²) in [6, 6.07) is 25.1. The molecule has 2 N–H and O–H groups in total. The zero-order valence-corrected chi connectivity index (χ0v) is 26.8. The number of benzene rings is 3. The minimum absolute atomic E-state index is 0.0632. The summed E-state index contributed by atoms with van der Waals surface area (Å²) >= 11 is 12.1. The largest absolute Gasteiger partial charge is 0.350 e. The molecule has 1 aliphatic heterocycles. The van der Waals surface area contributed by atoms with Crippen molar-refractivity contribution in [2.24, 2.45) is 0 Å². The van der Waals surface area contributed by atoms with Gasteiger partial charge in [0, 0.05) is 37.7 Å². The van der Waals surface area contributed by atoms with E-state index in [1.807, 2.05) is 55.3 Å². The van der Waals surface area contributed by atoms with Crippen LogP contribution in [0.15, 0.2) is 78.9 Å². The van der Waals surface area contributed by atoms with Crippen molar-refractivity contribution in [3.8, 4) is 0 Å². The first kappa shape index (κ1) is 33.0. The molecule has 3 aromatic rings. The molecule has 8 heteroatoms. The predicted octanol–water partition coefficient (Wildman–Crippen LogP) is 6.63. The van der Waals surface area contributed by atoms with Crippen LogP contribution in [0.25, 0.3) is 0 Å². The molecule has 1 fully saturated rings. The number of nitrogens with one attached hydrogen (secondary N) is 2. The topological polar surface area (TPSA) is 64.7 Å². The average Bonchev–Trinajstić information content (AvgIpc) is 3.04. The van der Waals surface area contributed by atoms with E-state index in [1.54, 1.807) is 18.2 Å². The lowest BCUT2D eigenvalue weighted by Crippen LogP contribution is -2.51. The number of amides is 2. The highest BCUT2D eigenvalue weighted by Crippen LogP contribution is 2.26. The number of nitrogens with zero attached hydrogens (tertiary/aromatic N) is 2. The Morgan fingerprint density at radius 2 is 1.51 bits per heavy atom. The second-order valence-corrected chi connectivity index (χ2v) is 12.4. The monoisotopic (exact) mass is 622 g/mol. The fourth-order valence-electron chi connectivity index (χ4n) is 5.77. The Balaban J connectivity index is 1.42. The zero-order valence-electron chi connectivity index (χ0n) is 25.3. The summed E-state index contributed by atoms with van der Waals surface area (Å²) in [4.78, 5) is 31.2. The Bertz CT molecular complexity index is 1260. The highest BCUT2D eigenvalue weighted by molar-refractivity contribution is 6.42. The highest BCUT2D eigenvalue weighted by Gasteiger charge is 2.27. The SMILES string of the molecule is CC(CNC(=O)c1ccc(Cl)c(Cl)c1)N[C@@H](CCCN1CCCCC1)C(=O)N(C)CC(c1ccccc1)c1ccccc1. The van der Waals surface area contributed by atoms with E-state index in [-0.39, 0.29) is 29.8 Å². The molecule has 2 atom stereocenters. The Hall–Kier alpha value is -2.90. The van der Waals surface area contributed by atoms with Gasteiger partial charge >= 0.3 is 0 Å². The van der Waals surface area contributed by atoms with Gasteiger partial charge in [-0.05, 0) is 81.6 Å². The maximum atomic E-state index is 14.0. The van der Waals surface area contributed by atoms with Gasteiger partial charge in [-0.3, -0.25) is 9.59 Å². The summed E-state index contributed by atoms with van der Waals surface area (Å²) in [6.45, 7) is 6.21. The molecule has 43 heavy (non-hydrogen) atoms. The molecular weight excluding hydrogens is 579 g/mol. The van der Waals surface area contributed by atoms with E-state index in [2.05, 4.69) is 39.8 Å². The van der Waals surface area contributed by atoms with Crippen LogP contribution in [0, 0.1) is 0 Å². The molecule has 0 spiro atoms. The molecular formula is C35H44Cl2N4O2. The van der Waals surface area contributed by atoms with Gasteiger partial charge in [0.2, 0.25) is 5.91 Å². The third-order valence-electron chi connectivity index (χ3n) is 8.19. The van der Waals surface area contributed by atoms with Crippen molar-refractivity contribution in [3.05, 3.63) is 106 Å². The van der Waals surface area contributed by atoms with Gasteiger partial charge < -0.3 is 20.4 Å². The molecule has 2 amide bonds. The van der Waals surface area contributed by atoms with E-state index in [0.717, 1.165) is 32.5 Å². The Kier molecular flexibility index (Phi) is 12.9. The number of carbonyl (C=O) groups excluding carboxylic acids is 2. The second-order valence-electron chi connectivity index (χ2n) is 11.6. The first-order chi connectivity index (χ1) is 20.8. The van der Waals surface area contributed by atoms with Gasteiger partial charge in [0.25, 0.3) is 5.91 Å². The van der Waals surface area contributed by atoms with Crippen LogP contribution >= 0.6 is 23.2 Å². The van der Waals surface area contributed by atoms with Crippen LogP contribution in [-0.4, -0.2) is 73.5 Å². The van der Waals surface area contributed by atoms with Crippen LogP contribution < -0.4 is 10.6 Å². The number of likely N-dealkylation sites (tertiary alicyclic amines) is 1. The van der Waals surface area contributed by atoms with Crippen molar-refractivity contribution >= 4 is 35.0 Å². The Morgan fingerprint density at radius 1 is 0.884 bits per heavy atom. The molecule has 3 aromatic carbocycles. The first-order valence-corrected chi connectivity index (χ1v) is 16.1. The van der Waals surface area contributed by atoms with Crippen LogP contribution in [-0.2, 0) is 4.79 Å². The third kappa shape index (κ3) is 10.1. The summed E-state index contributed by atoms with van der Waals surface area (Å²) in [5.41, 5.74) is 2.81. The van der Waals surface area contributed by atoms with Crippen LogP contribution in [0.5, 0.6) is 0 Å². The molecule has 0 aromatic heterocycles. The Labute approximate surface area is 266 Å². The fraction of sp³-hybridized carbons (Fsp3) is 0.429. The van der Waals surface area contributed by atoms with E-state index in [1.165, 1.54) is 30.4 Å². The number of carbonyl (C=O) groups is 2. The summed E-state index contributed by atoms with van der Waals surface area (Å²) in [5, 5.41) is 7.26. The second kappa shape index (κ2) is 16.8. The number of hydrogen-bond acceptors (Lipinski definition) is 4. The van der Waals surface area contributed by atoms with Gasteiger partial charge in [-0.15, -0.1) is 0 Å². The van der Waals surface area contributed by atoms with Gasteiger partial charge in [-0.2, -0.15) is 0 Å². The van der Waals surface area contributed by atoms with Crippen LogP contribution in [0.3, 0.4) is 0 Å². The van der Waals surface area contributed by atoms with Gasteiger partial charge in [0.15, 0.2) is 0 Å². The lowest BCUT2D eigenvalue weighted by Gasteiger charge is -2.31. The molecule has 1 unspecified atom stereocenters. The molecule has 0 bridgehead atoms. The molecule has 4 rings (SSSR count). The summed E-state index contributed by atoms with van der Waals surface area (Å²) in [5.74, 6) is -0.0997. The maximum absolute atomic E-state index is 14.0. The van der Waals surface area contributed by atoms with Crippen molar-refractivity contribution in [2.45, 2.75) is 57.0 Å². The van der Waals surface area contributed by atoms with Crippen molar-refractivity contribution in [3.63, 3.8) is 0 Å². The van der Waals surface area contributed by atoms with Crippen LogP contribution in [0.2, 0.25) is 10.0 Å². The first-order valence-electron chi connectivity index (χ1n) is 15.4. The minimum Gasteiger partial charge on any atom is -0.350 e. The van der Waals surface area contributed by atoms with Gasteiger partial charge in [0.05, 0.1) is 16.1 Å². The molecule has 0 aliphatic carbocycles. The van der Waals surface area contributed by atoms with Crippen molar-refractivity contribution in [2.75, 3.05) is 39.8 Å². The van der Waals surface area contributed by atoms with E-state index in [0.29, 0.717) is 28.7 Å². The highest BCUT2D eigenvalue weighted by atomic mass is 35.5. The van der Waals surface area contributed by atoms with E-state index in [4.69, 9.17) is 23.2 Å². The standard InChI is InChI=1S/C35H44Cl2N4O2/c1-26(24-38-34(42)29-18-19-31(36)32(37)23-29)39-33(17-12-22-41-20-10-5-11-21-41)35(43)40(2)25-30(27-13-6-3-7-14-27)28-15-8-4-9-16-28/h3-4,6-9,13-16,18-19,23,26,30,33,39H,5,10-12,17,20-22,24-25H2,1-2H3,(H,38,42)/t26?,33-/m0/s1. The summed E-state index contributed by atoms with van der Waals surface area (Å²) in [7, 11) is 1.90. The van der Waals surface area contributed by atoms with E-state index >= 15 is 0 Å². The minimum atomic E-state index is -0.362.